The Kier molecular flexibility index (Phi) is 3.81. The summed E-state index contributed by atoms with van der Waals surface area (Å²) < 4.78 is 7.64. The highest BCUT2D eigenvalue weighted by Gasteiger charge is 2.19. The normalized spacial score (nSPS) is 11.3. The summed E-state index contributed by atoms with van der Waals surface area (Å²) in [4.78, 5) is 9.37. The van der Waals surface area contributed by atoms with Crippen LogP contribution in [0.25, 0.3) is 41.6 Å². The molecule has 0 amide bonds. The lowest BCUT2D eigenvalue weighted by Gasteiger charge is -2.09. The van der Waals surface area contributed by atoms with Crippen LogP contribution in [-0.2, 0) is 0 Å². The van der Waals surface area contributed by atoms with Crippen LogP contribution in [0.2, 0.25) is 0 Å². The SMILES string of the molecule is COc1cc(-c2nc3ccccc3s2)c(O)c(-c2nc3ccccc3s2)c1. The van der Waals surface area contributed by atoms with E-state index in [1.165, 1.54) is 0 Å². The fourth-order valence-electron chi connectivity index (χ4n) is 3.03. The number of benzene rings is 3. The van der Waals surface area contributed by atoms with Crippen LogP contribution in [0, 0.1) is 0 Å². The molecule has 6 heteroatoms. The number of thiazole rings is 2. The van der Waals surface area contributed by atoms with Gasteiger partial charge >= 0.3 is 0 Å². The molecule has 0 saturated heterocycles. The molecular weight excluding hydrogens is 376 g/mol. The molecule has 27 heavy (non-hydrogen) atoms. The Morgan fingerprint density at radius 3 is 1.70 bits per heavy atom. The van der Waals surface area contributed by atoms with Crippen LogP contribution in [0.15, 0.2) is 60.7 Å². The Bertz CT molecular complexity index is 1130. The maximum Gasteiger partial charge on any atom is 0.136 e. The van der Waals surface area contributed by atoms with Crippen molar-refractivity contribution in [1.82, 2.24) is 9.97 Å². The second kappa shape index (κ2) is 6.33. The van der Waals surface area contributed by atoms with Crippen molar-refractivity contribution in [3.8, 4) is 32.6 Å². The summed E-state index contributed by atoms with van der Waals surface area (Å²) in [5.74, 6) is 0.838. The summed E-state index contributed by atoms with van der Waals surface area (Å²) in [6, 6.07) is 19.6. The fraction of sp³-hybridized carbons (Fsp3) is 0.0476. The lowest BCUT2D eigenvalue weighted by Crippen LogP contribution is -1.88. The molecule has 0 aliphatic carbocycles. The Morgan fingerprint density at radius 2 is 1.26 bits per heavy atom. The Hall–Kier alpha value is -2.96. The van der Waals surface area contributed by atoms with Crippen LogP contribution in [0.4, 0.5) is 0 Å². The van der Waals surface area contributed by atoms with Crippen molar-refractivity contribution >= 4 is 43.1 Å². The van der Waals surface area contributed by atoms with Gasteiger partial charge in [-0.1, -0.05) is 24.3 Å². The number of aromatic nitrogens is 2. The maximum atomic E-state index is 11.0. The van der Waals surface area contributed by atoms with E-state index in [9.17, 15) is 5.11 Å². The van der Waals surface area contributed by atoms with Crippen LogP contribution in [0.1, 0.15) is 0 Å². The van der Waals surface area contributed by atoms with E-state index in [2.05, 4.69) is 9.97 Å². The first-order chi connectivity index (χ1) is 13.2. The summed E-state index contributed by atoms with van der Waals surface area (Å²) in [5.41, 5.74) is 3.15. The molecule has 2 heterocycles. The van der Waals surface area contributed by atoms with Gasteiger partial charge in [0.15, 0.2) is 0 Å². The molecule has 0 bridgehead atoms. The van der Waals surface area contributed by atoms with E-state index in [-0.39, 0.29) is 5.75 Å². The van der Waals surface area contributed by atoms with Gasteiger partial charge in [-0.25, -0.2) is 9.97 Å². The average Bonchev–Trinajstić information content (AvgIpc) is 3.32. The molecule has 0 unspecified atom stereocenters. The van der Waals surface area contributed by atoms with E-state index < -0.39 is 0 Å². The van der Waals surface area contributed by atoms with Gasteiger partial charge in [0.2, 0.25) is 0 Å². The first-order valence-electron chi connectivity index (χ1n) is 8.36. The van der Waals surface area contributed by atoms with Crippen LogP contribution in [0.5, 0.6) is 11.5 Å². The van der Waals surface area contributed by atoms with Crippen molar-refractivity contribution in [3.63, 3.8) is 0 Å². The number of nitrogens with zero attached hydrogens (tertiary/aromatic N) is 2. The van der Waals surface area contributed by atoms with Gasteiger partial charge in [0, 0.05) is 0 Å². The minimum absolute atomic E-state index is 0.175. The molecule has 2 aromatic heterocycles. The molecule has 3 aromatic carbocycles. The summed E-state index contributed by atoms with van der Waals surface area (Å²) in [6.45, 7) is 0. The fourth-order valence-corrected chi connectivity index (χ4v) is 4.99. The molecule has 0 radical (unpaired) electrons. The van der Waals surface area contributed by atoms with E-state index in [1.807, 2.05) is 60.7 Å². The molecule has 5 aromatic rings. The molecule has 0 fully saturated rings. The molecule has 0 spiro atoms. The number of phenolic OH excluding ortho intramolecular Hbond substituents is 1. The zero-order valence-corrected chi connectivity index (χ0v) is 16.0. The quantitative estimate of drug-likeness (QED) is 0.413. The molecule has 0 atom stereocenters. The number of methoxy groups -OCH3 is 1. The lowest BCUT2D eigenvalue weighted by atomic mass is 10.1. The summed E-state index contributed by atoms with van der Waals surface area (Å²) in [7, 11) is 1.62. The number of ether oxygens (including phenoxy) is 1. The first-order valence-corrected chi connectivity index (χ1v) is 9.99. The van der Waals surface area contributed by atoms with E-state index >= 15 is 0 Å². The van der Waals surface area contributed by atoms with Crippen LogP contribution in [-0.4, -0.2) is 22.2 Å². The van der Waals surface area contributed by atoms with Gasteiger partial charge in [0.25, 0.3) is 0 Å². The molecule has 0 saturated carbocycles. The number of para-hydroxylation sites is 2. The van der Waals surface area contributed by atoms with E-state index in [0.717, 1.165) is 30.4 Å². The third-order valence-corrected chi connectivity index (χ3v) is 6.51. The minimum Gasteiger partial charge on any atom is -0.506 e. The zero-order valence-electron chi connectivity index (χ0n) is 14.3. The van der Waals surface area contributed by atoms with Gasteiger partial charge in [-0.2, -0.15) is 0 Å². The number of hydrogen-bond donors (Lipinski definition) is 1. The van der Waals surface area contributed by atoms with Crippen molar-refractivity contribution in [2.24, 2.45) is 0 Å². The molecule has 4 nitrogen and oxygen atoms in total. The van der Waals surface area contributed by atoms with Crippen LogP contribution >= 0.6 is 22.7 Å². The van der Waals surface area contributed by atoms with Gasteiger partial charge in [-0.15, -0.1) is 22.7 Å². The molecular formula is C21H14N2O2S2. The van der Waals surface area contributed by atoms with Gasteiger partial charge in [-0.05, 0) is 36.4 Å². The standard InChI is InChI=1S/C21H14N2O2S2/c1-25-12-10-13(20-22-15-6-2-4-8-17(15)26-20)19(24)14(11-12)21-23-16-7-3-5-9-18(16)27-21/h2-11,24H,1H3. The zero-order chi connectivity index (χ0) is 18.4. The Morgan fingerprint density at radius 1 is 0.778 bits per heavy atom. The molecule has 5 rings (SSSR count). The third-order valence-electron chi connectivity index (χ3n) is 4.37. The van der Waals surface area contributed by atoms with Crippen molar-refractivity contribution in [1.29, 1.82) is 0 Å². The molecule has 132 valence electrons. The maximum absolute atomic E-state index is 11.0. The van der Waals surface area contributed by atoms with E-state index in [0.29, 0.717) is 16.9 Å². The summed E-state index contributed by atoms with van der Waals surface area (Å²) in [6.07, 6.45) is 0. The van der Waals surface area contributed by atoms with Crippen LogP contribution in [0.3, 0.4) is 0 Å². The molecule has 0 aliphatic rings. The number of hydrogen-bond acceptors (Lipinski definition) is 6. The predicted octanol–water partition coefficient (Wildman–Crippen LogP) is 5.95. The topological polar surface area (TPSA) is 55.2 Å². The first kappa shape index (κ1) is 16.2. The van der Waals surface area contributed by atoms with Gasteiger partial charge < -0.3 is 9.84 Å². The lowest BCUT2D eigenvalue weighted by molar-refractivity contribution is 0.413. The van der Waals surface area contributed by atoms with Gasteiger partial charge in [0.1, 0.15) is 21.5 Å². The summed E-state index contributed by atoms with van der Waals surface area (Å²) >= 11 is 3.10. The van der Waals surface area contributed by atoms with E-state index in [4.69, 9.17) is 4.74 Å². The number of aromatic hydroxyl groups is 1. The highest BCUT2D eigenvalue weighted by atomic mass is 32.1. The average molecular weight is 390 g/mol. The second-order valence-corrected chi connectivity index (χ2v) is 8.11. The van der Waals surface area contributed by atoms with E-state index in [1.54, 1.807) is 29.8 Å². The molecule has 0 aliphatic heterocycles. The largest absolute Gasteiger partial charge is 0.506 e. The predicted molar refractivity (Wildman–Crippen MR) is 112 cm³/mol. The minimum atomic E-state index is 0.175. The monoisotopic (exact) mass is 390 g/mol. The van der Waals surface area contributed by atoms with Crippen molar-refractivity contribution < 1.29 is 9.84 Å². The summed E-state index contributed by atoms with van der Waals surface area (Å²) in [5, 5.41) is 12.6. The number of fused-ring (bicyclic) bond motifs is 2. The van der Waals surface area contributed by atoms with Crippen LogP contribution < -0.4 is 4.74 Å². The Labute approximate surface area is 163 Å². The number of phenols is 1. The smallest absolute Gasteiger partial charge is 0.136 e. The third kappa shape index (κ3) is 2.74. The highest BCUT2D eigenvalue weighted by Crippen LogP contribution is 2.45. The Balaban J connectivity index is 1.73. The second-order valence-electron chi connectivity index (χ2n) is 6.04. The van der Waals surface area contributed by atoms with Crippen molar-refractivity contribution in [2.45, 2.75) is 0 Å². The van der Waals surface area contributed by atoms with Crippen molar-refractivity contribution in [3.05, 3.63) is 60.7 Å². The van der Waals surface area contributed by atoms with Crippen molar-refractivity contribution in [2.75, 3.05) is 7.11 Å². The molecule has 1 N–H and O–H groups in total. The highest BCUT2D eigenvalue weighted by molar-refractivity contribution is 7.22. The van der Waals surface area contributed by atoms with Gasteiger partial charge in [-0.3, -0.25) is 0 Å². The van der Waals surface area contributed by atoms with Gasteiger partial charge in [0.05, 0.1) is 38.7 Å². The number of rotatable bonds is 3.